The molecule has 0 saturated heterocycles. The van der Waals surface area contributed by atoms with Gasteiger partial charge in [0, 0.05) is 50.4 Å². The van der Waals surface area contributed by atoms with Crippen molar-refractivity contribution >= 4 is 82.4 Å². The summed E-state index contributed by atoms with van der Waals surface area (Å²) in [5.41, 5.74) is 13.6. The summed E-state index contributed by atoms with van der Waals surface area (Å²) in [4.78, 5) is 2.39. The fraction of sp³-hybridized carbons (Fsp3) is 0. The molecule has 0 amide bonds. The molecule has 3 heteroatoms. The Balaban J connectivity index is 1.14. The van der Waals surface area contributed by atoms with Crippen LogP contribution in [0.5, 0.6) is 0 Å². The van der Waals surface area contributed by atoms with Crippen LogP contribution < -0.4 is 4.90 Å². The standard InChI is InChI=1S/C50H30N2O/c1-2-13-33(14-3-1)52-45-19-8-6-16-39(45)40-25-22-35(29-46(40)52)51(36-23-26-42-41-17-7-9-20-47(41)53-48(42)30-36)34-21-24-38-43-18-10-12-32-27-31-11-4-5-15-37(31)50(49(32)43)44(38)28-34/h1-30H. The lowest BCUT2D eigenvalue weighted by atomic mass is 9.95. The highest BCUT2D eigenvalue weighted by Gasteiger charge is 2.26. The molecule has 2 heterocycles. The summed E-state index contributed by atoms with van der Waals surface area (Å²) in [7, 11) is 0. The van der Waals surface area contributed by atoms with E-state index in [1.807, 2.05) is 12.1 Å². The van der Waals surface area contributed by atoms with Gasteiger partial charge in [-0.15, -0.1) is 0 Å². The third-order valence-electron chi connectivity index (χ3n) is 11.3. The Hall–Kier alpha value is -7.10. The molecule has 1 aliphatic carbocycles. The minimum absolute atomic E-state index is 0.873. The Labute approximate surface area is 305 Å². The molecule has 0 bridgehead atoms. The average molecular weight is 675 g/mol. The molecule has 0 fully saturated rings. The largest absolute Gasteiger partial charge is 0.456 e. The SMILES string of the molecule is c1ccc(-n2c3ccccc3c3ccc(N(c4ccc5c(c4)-c4c6ccccc6cc6cccc-5c46)c4ccc5c(c4)oc4ccccc45)cc32)cc1. The zero-order valence-electron chi connectivity index (χ0n) is 28.6. The number of aromatic nitrogens is 1. The number of benzene rings is 9. The van der Waals surface area contributed by atoms with E-state index in [9.17, 15) is 0 Å². The van der Waals surface area contributed by atoms with Gasteiger partial charge >= 0.3 is 0 Å². The Morgan fingerprint density at radius 2 is 1.04 bits per heavy atom. The van der Waals surface area contributed by atoms with Crippen molar-refractivity contribution in [2.24, 2.45) is 0 Å². The van der Waals surface area contributed by atoms with Gasteiger partial charge in [-0.05, 0) is 111 Å². The Morgan fingerprint density at radius 1 is 0.377 bits per heavy atom. The van der Waals surface area contributed by atoms with Crippen LogP contribution in [-0.2, 0) is 0 Å². The van der Waals surface area contributed by atoms with Crippen molar-refractivity contribution in [3.63, 3.8) is 0 Å². The van der Waals surface area contributed by atoms with Gasteiger partial charge in [0.1, 0.15) is 11.2 Å². The van der Waals surface area contributed by atoms with Gasteiger partial charge in [0.05, 0.1) is 11.0 Å². The predicted octanol–water partition coefficient (Wildman–Crippen LogP) is 14.1. The van der Waals surface area contributed by atoms with E-state index < -0.39 is 0 Å². The van der Waals surface area contributed by atoms with Crippen LogP contribution in [0.25, 0.3) is 93.2 Å². The molecule has 1 aliphatic rings. The van der Waals surface area contributed by atoms with E-state index in [0.717, 1.165) is 50.2 Å². The summed E-state index contributed by atoms with van der Waals surface area (Å²) in [5, 5.41) is 9.87. The number of para-hydroxylation sites is 3. The number of anilines is 3. The molecule has 3 nitrogen and oxygen atoms in total. The average Bonchev–Trinajstić information content (AvgIpc) is 3.86. The molecule has 11 aromatic rings. The molecule has 53 heavy (non-hydrogen) atoms. The highest BCUT2D eigenvalue weighted by molar-refractivity contribution is 6.24. The fourth-order valence-electron chi connectivity index (χ4n) is 8.99. The van der Waals surface area contributed by atoms with Crippen LogP contribution in [0.4, 0.5) is 17.1 Å². The van der Waals surface area contributed by atoms with Crippen LogP contribution in [0.1, 0.15) is 0 Å². The number of rotatable bonds is 4. The lowest BCUT2D eigenvalue weighted by Gasteiger charge is -2.26. The van der Waals surface area contributed by atoms with Crippen molar-refractivity contribution in [1.82, 2.24) is 4.57 Å². The number of fused-ring (bicyclic) bond motifs is 11. The second-order valence-corrected chi connectivity index (χ2v) is 14.1. The summed E-state index contributed by atoms with van der Waals surface area (Å²) in [6.45, 7) is 0. The molecule has 12 rings (SSSR count). The Kier molecular flexibility index (Phi) is 5.77. The molecule has 246 valence electrons. The molecule has 0 radical (unpaired) electrons. The molecule has 0 atom stereocenters. The van der Waals surface area contributed by atoms with Gasteiger partial charge < -0.3 is 13.9 Å². The predicted molar refractivity (Wildman–Crippen MR) is 222 cm³/mol. The Bertz CT molecular complexity index is 3290. The van der Waals surface area contributed by atoms with E-state index >= 15 is 0 Å². The number of furan rings is 1. The van der Waals surface area contributed by atoms with E-state index in [-0.39, 0.29) is 0 Å². The lowest BCUT2D eigenvalue weighted by molar-refractivity contribution is 0.669. The summed E-state index contributed by atoms with van der Waals surface area (Å²) in [6, 6.07) is 66.1. The maximum atomic E-state index is 6.47. The van der Waals surface area contributed by atoms with Crippen molar-refractivity contribution in [1.29, 1.82) is 0 Å². The molecule has 9 aromatic carbocycles. The minimum Gasteiger partial charge on any atom is -0.456 e. The van der Waals surface area contributed by atoms with Crippen LogP contribution in [-0.4, -0.2) is 4.57 Å². The Morgan fingerprint density at radius 3 is 1.94 bits per heavy atom. The van der Waals surface area contributed by atoms with Crippen molar-refractivity contribution in [2.45, 2.75) is 0 Å². The third kappa shape index (κ3) is 4.05. The van der Waals surface area contributed by atoms with Gasteiger partial charge in [-0.3, -0.25) is 0 Å². The summed E-state index contributed by atoms with van der Waals surface area (Å²) >= 11 is 0. The first-order chi connectivity index (χ1) is 26.3. The van der Waals surface area contributed by atoms with Crippen LogP contribution >= 0.6 is 0 Å². The van der Waals surface area contributed by atoms with Crippen molar-refractivity contribution in [3.8, 4) is 27.9 Å². The van der Waals surface area contributed by atoms with Gasteiger partial charge in [0.25, 0.3) is 0 Å². The van der Waals surface area contributed by atoms with Gasteiger partial charge in [0.2, 0.25) is 0 Å². The molecule has 0 unspecified atom stereocenters. The fourth-order valence-corrected chi connectivity index (χ4v) is 8.99. The van der Waals surface area contributed by atoms with Crippen LogP contribution in [0.2, 0.25) is 0 Å². The molecule has 0 saturated carbocycles. The van der Waals surface area contributed by atoms with E-state index in [4.69, 9.17) is 4.42 Å². The van der Waals surface area contributed by atoms with Gasteiger partial charge in [-0.2, -0.15) is 0 Å². The maximum absolute atomic E-state index is 6.47. The highest BCUT2D eigenvalue weighted by atomic mass is 16.3. The first-order valence-electron chi connectivity index (χ1n) is 18.2. The van der Waals surface area contributed by atoms with E-state index in [2.05, 4.69) is 179 Å². The smallest absolute Gasteiger partial charge is 0.137 e. The monoisotopic (exact) mass is 674 g/mol. The van der Waals surface area contributed by atoms with Crippen LogP contribution in [0.15, 0.2) is 186 Å². The van der Waals surface area contributed by atoms with Gasteiger partial charge in [-0.25, -0.2) is 0 Å². The van der Waals surface area contributed by atoms with Crippen molar-refractivity contribution in [3.05, 3.63) is 182 Å². The van der Waals surface area contributed by atoms with Crippen LogP contribution in [0.3, 0.4) is 0 Å². The van der Waals surface area contributed by atoms with Crippen molar-refractivity contribution in [2.75, 3.05) is 4.90 Å². The second kappa shape index (κ2) is 10.7. The summed E-state index contributed by atoms with van der Waals surface area (Å²) in [5.74, 6) is 0. The zero-order valence-corrected chi connectivity index (χ0v) is 28.6. The van der Waals surface area contributed by atoms with E-state index in [1.54, 1.807) is 0 Å². The molecule has 0 aliphatic heterocycles. The summed E-state index contributed by atoms with van der Waals surface area (Å²) in [6.07, 6.45) is 0. The van der Waals surface area contributed by atoms with E-state index in [0.29, 0.717) is 0 Å². The van der Waals surface area contributed by atoms with Crippen LogP contribution in [0, 0.1) is 0 Å². The number of nitrogens with zero attached hydrogens (tertiary/aromatic N) is 2. The zero-order chi connectivity index (χ0) is 34.6. The summed E-state index contributed by atoms with van der Waals surface area (Å²) < 4.78 is 8.86. The third-order valence-corrected chi connectivity index (χ3v) is 11.3. The van der Waals surface area contributed by atoms with E-state index in [1.165, 1.54) is 60.1 Å². The van der Waals surface area contributed by atoms with Gasteiger partial charge in [0.15, 0.2) is 0 Å². The lowest BCUT2D eigenvalue weighted by Crippen LogP contribution is -2.10. The first kappa shape index (κ1) is 28.6. The quantitative estimate of drug-likeness (QED) is 0.173. The topological polar surface area (TPSA) is 21.3 Å². The maximum Gasteiger partial charge on any atom is 0.137 e. The van der Waals surface area contributed by atoms with Gasteiger partial charge in [-0.1, -0.05) is 109 Å². The first-order valence-corrected chi connectivity index (χ1v) is 18.2. The molecule has 0 N–H and O–H groups in total. The number of hydrogen-bond donors (Lipinski definition) is 0. The number of hydrogen-bond acceptors (Lipinski definition) is 2. The normalized spacial score (nSPS) is 12.2. The highest BCUT2D eigenvalue weighted by Crippen LogP contribution is 2.52. The molecule has 2 aromatic heterocycles. The molecule has 0 spiro atoms. The van der Waals surface area contributed by atoms with Crippen molar-refractivity contribution < 1.29 is 4.42 Å². The molecular weight excluding hydrogens is 645 g/mol. The minimum atomic E-state index is 0.873. The second-order valence-electron chi connectivity index (χ2n) is 14.1. The molecular formula is C50H30N2O.